The van der Waals surface area contributed by atoms with Crippen molar-refractivity contribution in [2.24, 2.45) is 5.41 Å². The molecule has 0 aromatic heterocycles. The standard InChI is InChI=1S/C19H22ClN/c1-13(14-7-5-4-6-8-14)21-18-17-11-16(20)10-9-15(17)12-19(18,2)3/h4-11,13,18,21H,12H2,1-3H3/t13-,18?/m1/s1. The molecule has 0 heterocycles. The molecule has 0 amide bonds. The molecular formula is C19H22ClN. The molecule has 0 radical (unpaired) electrons. The van der Waals surface area contributed by atoms with Crippen LogP contribution in [-0.4, -0.2) is 0 Å². The molecule has 0 spiro atoms. The molecule has 0 fully saturated rings. The lowest BCUT2D eigenvalue weighted by Crippen LogP contribution is -2.33. The third-order valence-corrected chi connectivity index (χ3v) is 4.80. The molecule has 1 aliphatic carbocycles. The second-order valence-electron chi connectivity index (χ2n) is 6.74. The van der Waals surface area contributed by atoms with Crippen molar-refractivity contribution < 1.29 is 0 Å². The number of rotatable bonds is 3. The Bertz CT molecular complexity index is 633. The molecule has 3 rings (SSSR count). The highest BCUT2D eigenvalue weighted by molar-refractivity contribution is 6.30. The molecule has 1 N–H and O–H groups in total. The summed E-state index contributed by atoms with van der Waals surface area (Å²) in [5.74, 6) is 0. The lowest BCUT2D eigenvalue weighted by atomic mass is 9.84. The van der Waals surface area contributed by atoms with Crippen molar-refractivity contribution >= 4 is 11.6 Å². The second-order valence-corrected chi connectivity index (χ2v) is 7.18. The summed E-state index contributed by atoms with van der Waals surface area (Å²) in [7, 11) is 0. The summed E-state index contributed by atoms with van der Waals surface area (Å²) in [6.07, 6.45) is 1.10. The molecular weight excluding hydrogens is 278 g/mol. The normalized spacial score (nSPS) is 21.0. The van der Waals surface area contributed by atoms with Gasteiger partial charge in [0.2, 0.25) is 0 Å². The first-order valence-electron chi connectivity index (χ1n) is 7.57. The quantitative estimate of drug-likeness (QED) is 0.809. The van der Waals surface area contributed by atoms with Crippen LogP contribution in [0.3, 0.4) is 0 Å². The molecule has 0 aliphatic heterocycles. The van der Waals surface area contributed by atoms with Crippen LogP contribution in [0.1, 0.15) is 49.5 Å². The fourth-order valence-electron chi connectivity index (χ4n) is 3.41. The predicted molar refractivity (Wildman–Crippen MR) is 89.7 cm³/mol. The Balaban J connectivity index is 1.89. The number of halogens is 1. The number of benzene rings is 2. The van der Waals surface area contributed by atoms with Crippen LogP contribution in [0.15, 0.2) is 48.5 Å². The van der Waals surface area contributed by atoms with Gasteiger partial charge in [-0.1, -0.05) is 61.8 Å². The zero-order valence-electron chi connectivity index (χ0n) is 12.9. The number of nitrogens with one attached hydrogen (secondary N) is 1. The van der Waals surface area contributed by atoms with Gasteiger partial charge >= 0.3 is 0 Å². The minimum absolute atomic E-state index is 0.204. The van der Waals surface area contributed by atoms with Gasteiger partial charge in [-0.3, -0.25) is 0 Å². The largest absolute Gasteiger partial charge is 0.303 e. The predicted octanol–water partition coefficient (Wildman–Crippen LogP) is 5.31. The second kappa shape index (κ2) is 5.47. The van der Waals surface area contributed by atoms with Crippen LogP contribution in [0, 0.1) is 5.41 Å². The van der Waals surface area contributed by atoms with Crippen molar-refractivity contribution in [2.45, 2.75) is 39.3 Å². The molecule has 1 aliphatic rings. The van der Waals surface area contributed by atoms with Crippen LogP contribution in [0.2, 0.25) is 5.02 Å². The summed E-state index contributed by atoms with van der Waals surface area (Å²) < 4.78 is 0. The zero-order valence-corrected chi connectivity index (χ0v) is 13.6. The first-order chi connectivity index (χ1) is 9.97. The smallest absolute Gasteiger partial charge is 0.0409 e. The van der Waals surface area contributed by atoms with Crippen molar-refractivity contribution in [3.8, 4) is 0 Å². The van der Waals surface area contributed by atoms with E-state index in [-0.39, 0.29) is 5.41 Å². The molecule has 2 heteroatoms. The average molecular weight is 300 g/mol. The van der Waals surface area contributed by atoms with Gasteiger partial charge in [0, 0.05) is 17.1 Å². The Hall–Kier alpha value is -1.31. The van der Waals surface area contributed by atoms with E-state index in [0.717, 1.165) is 11.4 Å². The molecule has 2 atom stereocenters. The fourth-order valence-corrected chi connectivity index (χ4v) is 3.59. The van der Waals surface area contributed by atoms with E-state index in [1.807, 2.05) is 6.07 Å². The Labute approximate surface area is 132 Å². The Morgan fingerprint density at radius 1 is 1.14 bits per heavy atom. The van der Waals surface area contributed by atoms with Crippen LogP contribution in [0.4, 0.5) is 0 Å². The van der Waals surface area contributed by atoms with Gasteiger partial charge in [0.1, 0.15) is 0 Å². The van der Waals surface area contributed by atoms with E-state index in [1.54, 1.807) is 0 Å². The Morgan fingerprint density at radius 3 is 2.57 bits per heavy atom. The SMILES string of the molecule is C[C@@H](NC1c2cc(Cl)ccc2CC1(C)C)c1ccccc1. The van der Waals surface area contributed by atoms with Crippen molar-refractivity contribution in [3.05, 3.63) is 70.2 Å². The zero-order chi connectivity index (χ0) is 15.0. The van der Waals surface area contributed by atoms with Gasteiger partial charge in [0.25, 0.3) is 0 Å². The highest BCUT2D eigenvalue weighted by Crippen LogP contribution is 2.46. The van der Waals surface area contributed by atoms with Crippen LogP contribution in [0.5, 0.6) is 0 Å². The van der Waals surface area contributed by atoms with Crippen molar-refractivity contribution in [1.82, 2.24) is 5.32 Å². The molecule has 0 saturated heterocycles. The van der Waals surface area contributed by atoms with E-state index in [2.05, 4.69) is 68.6 Å². The maximum atomic E-state index is 6.21. The first-order valence-corrected chi connectivity index (χ1v) is 7.94. The molecule has 2 aromatic rings. The molecule has 0 bridgehead atoms. The third kappa shape index (κ3) is 2.86. The van der Waals surface area contributed by atoms with Crippen molar-refractivity contribution in [3.63, 3.8) is 0 Å². The summed E-state index contributed by atoms with van der Waals surface area (Å²) in [6, 6.07) is 17.6. The van der Waals surface area contributed by atoms with Crippen LogP contribution in [-0.2, 0) is 6.42 Å². The van der Waals surface area contributed by atoms with Gasteiger partial charge in [0.15, 0.2) is 0 Å². The van der Waals surface area contributed by atoms with Crippen LogP contribution in [0.25, 0.3) is 0 Å². The maximum Gasteiger partial charge on any atom is 0.0409 e. The highest BCUT2D eigenvalue weighted by atomic mass is 35.5. The molecule has 2 aromatic carbocycles. The van der Waals surface area contributed by atoms with Crippen LogP contribution < -0.4 is 5.32 Å². The Kier molecular flexibility index (Phi) is 3.81. The topological polar surface area (TPSA) is 12.0 Å². The monoisotopic (exact) mass is 299 g/mol. The van der Waals surface area contributed by atoms with Gasteiger partial charge in [-0.2, -0.15) is 0 Å². The first kappa shape index (κ1) is 14.6. The molecule has 110 valence electrons. The summed E-state index contributed by atoms with van der Waals surface area (Å²) >= 11 is 6.21. The van der Waals surface area contributed by atoms with Gasteiger partial charge in [-0.25, -0.2) is 0 Å². The Morgan fingerprint density at radius 2 is 1.86 bits per heavy atom. The molecule has 21 heavy (non-hydrogen) atoms. The van der Waals surface area contributed by atoms with Gasteiger partial charge in [-0.05, 0) is 47.6 Å². The van der Waals surface area contributed by atoms with E-state index in [1.165, 1.54) is 16.7 Å². The molecule has 0 saturated carbocycles. The van der Waals surface area contributed by atoms with E-state index in [0.29, 0.717) is 12.1 Å². The van der Waals surface area contributed by atoms with Crippen molar-refractivity contribution in [1.29, 1.82) is 0 Å². The number of hydrogen-bond acceptors (Lipinski definition) is 1. The van der Waals surface area contributed by atoms with E-state index in [9.17, 15) is 0 Å². The third-order valence-electron chi connectivity index (χ3n) is 4.56. The highest BCUT2D eigenvalue weighted by Gasteiger charge is 2.39. The lowest BCUT2D eigenvalue weighted by molar-refractivity contribution is 0.252. The summed E-state index contributed by atoms with van der Waals surface area (Å²) in [6.45, 7) is 6.89. The summed E-state index contributed by atoms with van der Waals surface area (Å²) in [4.78, 5) is 0. The minimum Gasteiger partial charge on any atom is -0.303 e. The number of fused-ring (bicyclic) bond motifs is 1. The van der Waals surface area contributed by atoms with Crippen molar-refractivity contribution in [2.75, 3.05) is 0 Å². The average Bonchev–Trinajstić information content (AvgIpc) is 2.71. The van der Waals surface area contributed by atoms with E-state index < -0.39 is 0 Å². The van der Waals surface area contributed by atoms with E-state index >= 15 is 0 Å². The minimum atomic E-state index is 0.204. The van der Waals surface area contributed by atoms with Gasteiger partial charge in [0.05, 0.1) is 0 Å². The van der Waals surface area contributed by atoms with Gasteiger partial charge < -0.3 is 5.32 Å². The lowest BCUT2D eigenvalue weighted by Gasteiger charge is -2.31. The maximum absolute atomic E-state index is 6.21. The summed E-state index contributed by atoms with van der Waals surface area (Å²) in [5, 5.41) is 4.63. The van der Waals surface area contributed by atoms with Gasteiger partial charge in [-0.15, -0.1) is 0 Å². The molecule has 1 unspecified atom stereocenters. The fraction of sp³-hybridized carbons (Fsp3) is 0.368. The summed E-state index contributed by atoms with van der Waals surface area (Å²) in [5.41, 5.74) is 4.30. The molecule has 1 nitrogen and oxygen atoms in total. The number of hydrogen-bond donors (Lipinski definition) is 1. The van der Waals surface area contributed by atoms with E-state index in [4.69, 9.17) is 11.6 Å². The van der Waals surface area contributed by atoms with Crippen LogP contribution >= 0.6 is 11.6 Å².